The van der Waals surface area contributed by atoms with E-state index in [-0.39, 0.29) is 5.91 Å². The minimum Gasteiger partial charge on any atom is -0.397 e. The van der Waals surface area contributed by atoms with E-state index in [9.17, 15) is 4.79 Å². The van der Waals surface area contributed by atoms with Gasteiger partial charge in [-0.05, 0) is 42.9 Å². The van der Waals surface area contributed by atoms with Crippen molar-refractivity contribution in [2.24, 2.45) is 5.41 Å². The average Bonchev–Trinajstić information content (AvgIpc) is 2.70. The molecule has 1 amide bonds. The van der Waals surface area contributed by atoms with Crippen LogP contribution in [0, 0.1) is 5.41 Å². The molecule has 20 heavy (non-hydrogen) atoms. The van der Waals surface area contributed by atoms with E-state index >= 15 is 0 Å². The van der Waals surface area contributed by atoms with E-state index in [2.05, 4.69) is 19.2 Å². The van der Waals surface area contributed by atoms with Crippen LogP contribution in [0.4, 0.5) is 11.4 Å². The maximum absolute atomic E-state index is 11.9. The van der Waals surface area contributed by atoms with Gasteiger partial charge in [0.2, 0.25) is 0 Å². The second-order valence-corrected chi connectivity index (χ2v) is 6.75. The summed E-state index contributed by atoms with van der Waals surface area (Å²) in [7, 11) is 3.48. The van der Waals surface area contributed by atoms with Crippen LogP contribution in [0.15, 0.2) is 18.2 Å². The van der Waals surface area contributed by atoms with Crippen LogP contribution in [0.2, 0.25) is 0 Å². The summed E-state index contributed by atoms with van der Waals surface area (Å²) < 4.78 is 0. The molecule has 1 unspecified atom stereocenters. The van der Waals surface area contributed by atoms with Gasteiger partial charge in [-0.1, -0.05) is 13.8 Å². The number of amides is 1. The number of carbonyl (C=O) groups is 1. The Morgan fingerprint density at radius 1 is 1.40 bits per heavy atom. The molecule has 3 N–H and O–H groups in total. The standard InChI is InChI=1S/C16H25N3O/c1-16(2)8-7-12(10-16)18-14-6-5-11(9-13(14)17)15(20)19(3)4/h5-6,9,12,18H,7-8,10,17H2,1-4H3. The summed E-state index contributed by atoms with van der Waals surface area (Å²) in [5.74, 6) is -0.0229. The van der Waals surface area contributed by atoms with Crippen LogP contribution in [-0.2, 0) is 0 Å². The number of carbonyl (C=O) groups excluding carboxylic acids is 1. The molecule has 110 valence electrons. The van der Waals surface area contributed by atoms with Crippen molar-refractivity contribution in [2.45, 2.75) is 39.2 Å². The Kier molecular flexibility index (Phi) is 3.93. The number of benzene rings is 1. The number of nitrogens with zero attached hydrogens (tertiary/aromatic N) is 1. The van der Waals surface area contributed by atoms with Crippen molar-refractivity contribution in [2.75, 3.05) is 25.1 Å². The van der Waals surface area contributed by atoms with E-state index < -0.39 is 0 Å². The van der Waals surface area contributed by atoms with Gasteiger partial charge >= 0.3 is 0 Å². The quantitative estimate of drug-likeness (QED) is 0.834. The minimum atomic E-state index is -0.0229. The third-order valence-corrected chi connectivity index (χ3v) is 4.03. The number of nitrogen functional groups attached to an aromatic ring is 1. The van der Waals surface area contributed by atoms with Crippen LogP contribution in [0.3, 0.4) is 0 Å². The summed E-state index contributed by atoms with van der Waals surface area (Å²) in [5.41, 5.74) is 8.69. The monoisotopic (exact) mass is 275 g/mol. The molecule has 1 aromatic rings. The van der Waals surface area contributed by atoms with E-state index in [0.29, 0.717) is 22.7 Å². The van der Waals surface area contributed by atoms with Gasteiger partial charge in [-0.2, -0.15) is 0 Å². The first kappa shape index (κ1) is 14.7. The third kappa shape index (κ3) is 3.24. The summed E-state index contributed by atoms with van der Waals surface area (Å²) in [6, 6.07) is 5.98. The topological polar surface area (TPSA) is 58.4 Å². The molecule has 0 radical (unpaired) electrons. The maximum Gasteiger partial charge on any atom is 0.253 e. The fourth-order valence-corrected chi connectivity index (χ4v) is 2.86. The molecule has 1 atom stereocenters. The van der Waals surface area contributed by atoms with Crippen molar-refractivity contribution in [3.63, 3.8) is 0 Å². The van der Waals surface area contributed by atoms with Crippen LogP contribution in [-0.4, -0.2) is 30.9 Å². The number of nitrogens with one attached hydrogen (secondary N) is 1. The Morgan fingerprint density at radius 3 is 2.60 bits per heavy atom. The Hall–Kier alpha value is -1.71. The molecular formula is C16H25N3O. The van der Waals surface area contributed by atoms with Crippen molar-refractivity contribution < 1.29 is 4.79 Å². The van der Waals surface area contributed by atoms with Crippen LogP contribution in [0.1, 0.15) is 43.5 Å². The average molecular weight is 275 g/mol. The molecule has 0 bridgehead atoms. The van der Waals surface area contributed by atoms with E-state index in [1.54, 1.807) is 25.1 Å². The molecule has 1 aliphatic carbocycles. The number of rotatable bonds is 3. The molecule has 0 aliphatic heterocycles. The summed E-state index contributed by atoms with van der Waals surface area (Å²) >= 11 is 0. The molecule has 0 aromatic heterocycles. The van der Waals surface area contributed by atoms with Crippen LogP contribution in [0.25, 0.3) is 0 Å². The fourth-order valence-electron chi connectivity index (χ4n) is 2.86. The van der Waals surface area contributed by atoms with Gasteiger partial charge in [-0.25, -0.2) is 0 Å². The Labute approximate surface area is 121 Å². The molecule has 1 saturated carbocycles. The highest BCUT2D eigenvalue weighted by molar-refractivity contribution is 5.95. The smallest absolute Gasteiger partial charge is 0.253 e. The summed E-state index contributed by atoms with van der Waals surface area (Å²) in [5, 5.41) is 3.51. The summed E-state index contributed by atoms with van der Waals surface area (Å²) in [4.78, 5) is 13.4. The van der Waals surface area contributed by atoms with Gasteiger partial charge in [0, 0.05) is 25.7 Å². The normalized spacial score (nSPS) is 20.7. The Morgan fingerprint density at radius 2 is 2.10 bits per heavy atom. The molecule has 2 rings (SSSR count). The highest BCUT2D eigenvalue weighted by Crippen LogP contribution is 2.38. The molecule has 0 heterocycles. The van der Waals surface area contributed by atoms with Gasteiger partial charge in [0.05, 0.1) is 11.4 Å². The lowest BCUT2D eigenvalue weighted by Crippen LogP contribution is -2.22. The van der Waals surface area contributed by atoms with Crippen molar-refractivity contribution in [1.82, 2.24) is 4.90 Å². The second kappa shape index (κ2) is 5.35. The number of nitrogens with two attached hydrogens (primary N) is 1. The molecule has 0 spiro atoms. The van der Waals surface area contributed by atoms with E-state index in [1.165, 1.54) is 12.8 Å². The Balaban J connectivity index is 2.09. The zero-order valence-corrected chi connectivity index (χ0v) is 12.9. The van der Waals surface area contributed by atoms with Gasteiger partial charge in [0.1, 0.15) is 0 Å². The van der Waals surface area contributed by atoms with Crippen molar-refractivity contribution in [3.8, 4) is 0 Å². The van der Waals surface area contributed by atoms with Gasteiger partial charge in [0.25, 0.3) is 5.91 Å². The molecule has 1 aliphatic rings. The van der Waals surface area contributed by atoms with Crippen molar-refractivity contribution in [3.05, 3.63) is 23.8 Å². The lowest BCUT2D eigenvalue weighted by Gasteiger charge is -2.20. The largest absolute Gasteiger partial charge is 0.397 e. The van der Waals surface area contributed by atoms with Crippen molar-refractivity contribution in [1.29, 1.82) is 0 Å². The molecule has 1 fully saturated rings. The van der Waals surface area contributed by atoms with Gasteiger partial charge in [-0.3, -0.25) is 4.79 Å². The summed E-state index contributed by atoms with van der Waals surface area (Å²) in [6.07, 6.45) is 3.57. The third-order valence-electron chi connectivity index (χ3n) is 4.03. The van der Waals surface area contributed by atoms with Gasteiger partial charge in [0.15, 0.2) is 0 Å². The first-order valence-corrected chi connectivity index (χ1v) is 7.16. The number of anilines is 2. The van der Waals surface area contributed by atoms with Crippen molar-refractivity contribution >= 4 is 17.3 Å². The zero-order valence-electron chi connectivity index (χ0n) is 12.9. The highest BCUT2D eigenvalue weighted by Gasteiger charge is 2.30. The van der Waals surface area contributed by atoms with E-state index in [0.717, 1.165) is 12.1 Å². The van der Waals surface area contributed by atoms with Crippen LogP contribution >= 0.6 is 0 Å². The predicted octanol–water partition coefficient (Wildman–Crippen LogP) is 2.96. The SMILES string of the molecule is CN(C)C(=O)c1ccc(NC2CCC(C)(C)C2)c(N)c1. The van der Waals surface area contributed by atoms with Gasteiger partial charge in [-0.15, -0.1) is 0 Å². The maximum atomic E-state index is 11.9. The van der Waals surface area contributed by atoms with E-state index in [4.69, 9.17) is 5.73 Å². The first-order valence-electron chi connectivity index (χ1n) is 7.16. The predicted molar refractivity (Wildman–Crippen MR) is 83.9 cm³/mol. The fraction of sp³-hybridized carbons (Fsp3) is 0.562. The second-order valence-electron chi connectivity index (χ2n) is 6.75. The lowest BCUT2D eigenvalue weighted by atomic mass is 9.92. The number of hydrogen-bond acceptors (Lipinski definition) is 3. The lowest BCUT2D eigenvalue weighted by molar-refractivity contribution is 0.0827. The molecule has 4 heteroatoms. The summed E-state index contributed by atoms with van der Waals surface area (Å²) in [6.45, 7) is 4.60. The molecule has 4 nitrogen and oxygen atoms in total. The molecule has 0 saturated heterocycles. The van der Waals surface area contributed by atoms with Crippen LogP contribution < -0.4 is 11.1 Å². The minimum absolute atomic E-state index is 0.0229. The van der Waals surface area contributed by atoms with Gasteiger partial charge < -0.3 is 16.0 Å². The zero-order chi connectivity index (χ0) is 14.9. The highest BCUT2D eigenvalue weighted by atomic mass is 16.2. The van der Waals surface area contributed by atoms with Crippen LogP contribution in [0.5, 0.6) is 0 Å². The Bertz CT molecular complexity index is 508. The number of hydrogen-bond donors (Lipinski definition) is 2. The van der Waals surface area contributed by atoms with E-state index in [1.807, 2.05) is 12.1 Å². The molecule has 1 aromatic carbocycles. The first-order chi connectivity index (χ1) is 9.28. The molecular weight excluding hydrogens is 250 g/mol.